The van der Waals surface area contributed by atoms with E-state index in [1.54, 1.807) is 36.6 Å². The minimum atomic E-state index is 0.206. The van der Waals surface area contributed by atoms with Crippen molar-refractivity contribution in [1.29, 1.82) is 0 Å². The number of hydrogen-bond donors (Lipinski definition) is 1. The number of thiazole rings is 1. The van der Waals surface area contributed by atoms with Gasteiger partial charge in [0.1, 0.15) is 11.5 Å². The number of benzene rings is 1. The van der Waals surface area contributed by atoms with Crippen LogP contribution in [0.1, 0.15) is 0 Å². The predicted molar refractivity (Wildman–Crippen MR) is 66.7 cm³/mol. The van der Waals surface area contributed by atoms with Crippen LogP contribution in [0.2, 0.25) is 0 Å². The number of hydrogen-bond acceptors (Lipinski definition) is 4. The lowest BCUT2D eigenvalue weighted by Gasteiger charge is -2.06. The molecule has 0 aliphatic heterocycles. The molecule has 86 valence electrons. The van der Waals surface area contributed by atoms with Gasteiger partial charge in [0, 0.05) is 23.3 Å². The Balaban J connectivity index is 2.20. The Morgan fingerprint density at radius 2 is 2.29 bits per heavy atom. The van der Waals surface area contributed by atoms with Crippen LogP contribution < -0.4 is 4.74 Å². The van der Waals surface area contributed by atoms with Gasteiger partial charge in [0.2, 0.25) is 0 Å². The molecule has 2 aromatic heterocycles. The number of methoxy groups -OCH3 is 1. The highest BCUT2D eigenvalue weighted by Gasteiger charge is 2.11. The van der Waals surface area contributed by atoms with Crippen molar-refractivity contribution in [3.8, 4) is 22.8 Å². The van der Waals surface area contributed by atoms with Crippen LogP contribution in [0.5, 0.6) is 11.5 Å². The molecule has 0 amide bonds. The third-order valence-corrected chi connectivity index (χ3v) is 3.32. The number of aromatic nitrogens is 2. The van der Waals surface area contributed by atoms with E-state index in [1.807, 2.05) is 22.2 Å². The van der Waals surface area contributed by atoms with Crippen molar-refractivity contribution in [1.82, 2.24) is 9.38 Å². The van der Waals surface area contributed by atoms with Gasteiger partial charge in [-0.3, -0.25) is 4.40 Å². The highest BCUT2D eigenvalue weighted by atomic mass is 32.1. The largest absolute Gasteiger partial charge is 0.508 e. The van der Waals surface area contributed by atoms with Crippen molar-refractivity contribution in [3.63, 3.8) is 0 Å². The minimum Gasteiger partial charge on any atom is -0.508 e. The molecule has 4 nitrogen and oxygen atoms in total. The van der Waals surface area contributed by atoms with Gasteiger partial charge >= 0.3 is 0 Å². The Hall–Kier alpha value is -2.01. The molecule has 1 N–H and O–H groups in total. The Kier molecular flexibility index (Phi) is 2.26. The van der Waals surface area contributed by atoms with Gasteiger partial charge in [0.25, 0.3) is 0 Å². The second-order valence-electron chi connectivity index (χ2n) is 3.60. The first kappa shape index (κ1) is 10.2. The molecule has 3 rings (SSSR count). The van der Waals surface area contributed by atoms with Crippen molar-refractivity contribution in [2.75, 3.05) is 7.11 Å². The first-order valence-corrected chi connectivity index (χ1v) is 5.95. The fourth-order valence-electron chi connectivity index (χ4n) is 1.75. The Morgan fingerprint density at radius 3 is 3.06 bits per heavy atom. The number of rotatable bonds is 2. The standard InChI is InChI=1S/C12H10N2O2S/c1-16-11-3-2-8(15)6-9(11)10-7-14-4-5-17-12(14)13-10/h2-7,15H,1H3. The van der Waals surface area contributed by atoms with Crippen molar-refractivity contribution < 1.29 is 9.84 Å². The zero-order valence-corrected chi connectivity index (χ0v) is 9.94. The summed E-state index contributed by atoms with van der Waals surface area (Å²) in [6.07, 6.45) is 3.87. The predicted octanol–water partition coefficient (Wildman–Crippen LogP) is 2.78. The molecule has 0 aliphatic carbocycles. The van der Waals surface area contributed by atoms with E-state index < -0.39 is 0 Å². The molecule has 0 saturated carbocycles. The van der Waals surface area contributed by atoms with Gasteiger partial charge in [-0.15, -0.1) is 11.3 Å². The van der Waals surface area contributed by atoms with Crippen LogP contribution in [0.3, 0.4) is 0 Å². The van der Waals surface area contributed by atoms with Gasteiger partial charge in [-0.25, -0.2) is 4.98 Å². The number of nitrogens with zero attached hydrogens (tertiary/aromatic N) is 2. The maximum absolute atomic E-state index is 9.53. The molecule has 17 heavy (non-hydrogen) atoms. The summed E-state index contributed by atoms with van der Waals surface area (Å²) in [5, 5.41) is 11.5. The molecule has 0 unspecified atom stereocenters. The van der Waals surface area contributed by atoms with E-state index in [1.165, 1.54) is 0 Å². The van der Waals surface area contributed by atoms with Crippen LogP contribution in [0, 0.1) is 0 Å². The number of imidazole rings is 1. The number of aromatic hydroxyl groups is 1. The van der Waals surface area contributed by atoms with Crippen molar-refractivity contribution >= 4 is 16.3 Å². The molecule has 0 saturated heterocycles. The summed E-state index contributed by atoms with van der Waals surface area (Å²) in [4.78, 5) is 5.40. The highest BCUT2D eigenvalue weighted by Crippen LogP contribution is 2.32. The molecular formula is C12H10N2O2S. The SMILES string of the molecule is COc1ccc(O)cc1-c1cn2ccsc2n1. The molecule has 2 heterocycles. The van der Waals surface area contributed by atoms with E-state index in [0.717, 1.165) is 16.2 Å². The molecule has 5 heteroatoms. The molecule has 3 aromatic rings. The summed E-state index contributed by atoms with van der Waals surface area (Å²) in [6, 6.07) is 4.99. The number of phenolic OH excluding ortho intramolecular Hbond substituents is 1. The van der Waals surface area contributed by atoms with E-state index in [0.29, 0.717) is 5.75 Å². The van der Waals surface area contributed by atoms with Gasteiger partial charge < -0.3 is 9.84 Å². The molecule has 0 aliphatic rings. The van der Waals surface area contributed by atoms with Gasteiger partial charge in [0.05, 0.1) is 12.8 Å². The van der Waals surface area contributed by atoms with E-state index in [4.69, 9.17) is 4.74 Å². The van der Waals surface area contributed by atoms with E-state index in [9.17, 15) is 5.11 Å². The Labute approximate surface area is 102 Å². The smallest absolute Gasteiger partial charge is 0.194 e. The summed E-state index contributed by atoms with van der Waals surface area (Å²) in [7, 11) is 1.61. The van der Waals surface area contributed by atoms with Crippen LogP contribution in [0.25, 0.3) is 16.2 Å². The molecule has 0 spiro atoms. The van der Waals surface area contributed by atoms with Crippen LogP contribution in [-0.4, -0.2) is 21.6 Å². The quantitative estimate of drug-likeness (QED) is 0.756. The Bertz CT molecular complexity index is 644. The average molecular weight is 246 g/mol. The van der Waals surface area contributed by atoms with Gasteiger partial charge in [-0.05, 0) is 18.2 Å². The van der Waals surface area contributed by atoms with Crippen molar-refractivity contribution in [2.24, 2.45) is 0 Å². The second-order valence-corrected chi connectivity index (χ2v) is 4.48. The van der Waals surface area contributed by atoms with Crippen LogP contribution >= 0.6 is 11.3 Å². The monoisotopic (exact) mass is 246 g/mol. The number of phenols is 1. The third kappa shape index (κ3) is 1.64. The summed E-state index contributed by atoms with van der Waals surface area (Å²) >= 11 is 1.57. The van der Waals surface area contributed by atoms with Gasteiger partial charge in [-0.2, -0.15) is 0 Å². The summed E-state index contributed by atoms with van der Waals surface area (Å²) in [5.74, 6) is 0.908. The zero-order chi connectivity index (χ0) is 11.8. The lowest BCUT2D eigenvalue weighted by Crippen LogP contribution is -1.87. The van der Waals surface area contributed by atoms with E-state index in [-0.39, 0.29) is 5.75 Å². The highest BCUT2D eigenvalue weighted by molar-refractivity contribution is 7.15. The summed E-state index contributed by atoms with van der Waals surface area (Å²) in [5.41, 5.74) is 1.59. The van der Waals surface area contributed by atoms with Crippen molar-refractivity contribution in [2.45, 2.75) is 0 Å². The van der Waals surface area contributed by atoms with Crippen LogP contribution in [0.4, 0.5) is 0 Å². The van der Waals surface area contributed by atoms with Crippen LogP contribution in [-0.2, 0) is 0 Å². The first-order chi connectivity index (χ1) is 8.28. The summed E-state index contributed by atoms with van der Waals surface area (Å²) in [6.45, 7) is 0. The van der Waals surface area contributed by atoms with E-state index in [2.05, 4.69) is 4.98 Å². The Morgan fingerprint density at radius 1 is 1.41 bits per heavy atom. The zero-order valence-electron chi connectivity index (χ0n) is 9.12. The molecule has 0 bridgehead atoms. The molecule has 0 atom stereocenters. The average Bonchev–Trinajstić information content (AvgIpc) is 2.88. The fraction of sp³-hybridized carbons (Fsp3) is 0.0833. The lowest BCUT2D eigenvalue weighted by atomic mass is 10.1. The molecular weight excluding hydrogens is 236 g/mol. The molecule has 0 fully saturated rings. The van der Waals surface area contributed by atoms with Gasteiger partial charge in [-0.1, -0.05) is 0 Å². The lowest BCUT2D eigenvalue weighted by molar-refractivity contribution is 0.414. The molecule has 0 radical (unpaired) electrons. The second kappa shape index (κ2) is 3.78. The topological polar surface area (TPSA) is 46.8 Å². The van der Waals surface area contributed by atoms with Crippen molar-refractivity contribution in [3.05, 3.63) is 36.0 Å². The van der Waals surface area contributed by atoms with Gasteiger partial charge in [0.15, 0.2) is 4.96 Å². The number of fused-ring (bicyclic) bond motifs is 1. The minimum absolute atomic E-state index is 0.206. The maximum atomic E-state index is 9.53. The summed E-state index contributed by atoms with van der Waals surface area (Å²) < 4.78 is 7.22. The maximum Gasteiger partial charge on any atom is 0.194 e. The normalized spacial score (nSPS) is 10.9. The number of ether oxygens (including phenoxy) is 1. The first-order valence-electron chi connectivity index (χ1n) is 5.07. The fourth-order valence-corrected chi connectivity index (χ4v) is 2.45. The van der Waals surface area contributed by atoms with Crippen LogP contribution in [0.15, 0.2) is 36.0 Å². The van der Waals surface area contributed by atoms with E-state index >= 15 is 0 Å². The third-order valence-electron chi connectivity index (χ3n) is 2.55. The molecule has 1 aromatic carbocycles.